The fourth-order valence-electron chi connectivity index (χ4n) is 3.14. The van der Waals surface area contributed by atoms with E-state index in [-0.39, 0.29) is 18.1 Å². The second-order valence-corrected chi connectivity index (χ2v) is 7.24. The van der Waals surface area contributed by atoms with Crippen LogP contribution < -0.4 is 5.32 Å². The number of aryl methyl sites for hydroxylation is 2. The van der Waals surface area contributed by atoms with Crippen LogP contribution in [-0.2, 0) is 22.6 Å². The first-order valence-electron chi connectivity index (χ1n) is 8.56. The lowest BCUT2D eigenvalue weighted by Gasteiger charge is -2.21. The van der Waals surface area contributed by atoms with E-state index in [1.807, 2.05) is 30.6 Å². The maximum Gasteiger partial charge on any atom is 0.220 e. The van der Waals surface area contributed by atoms with Gasteiger partial charge in [0.15, 0.2) is 0 Å². The molecule has 0 unspecified atom stereocenters. The molecular formula is C19H24N2O2S. The quantitative estimate of drug-likeness (QED) is 0.834. The summed E-state index contributed by atoms with van der Waals surface area (Å²) in [5, 5.41) is 3.17. The van der Waals surface area contributed by atoms with Crippen molar-refractivity contribution >= 4 is 17.2 Å². The highest BCUT2D eigenvalue weighted by atomic mass is 32.1. The summed E-state index contributed by atoms with van der Waals surface area (Å²) in [5.74, 6) is 0.114. The Bertz CT molecular complexity index is 656. The molecule has 1 aliphatic rings. The lowest BCUT2D eigenvalue weighted by Crippen LogP contribution is -2.41. The zero-order valence-corrected chi connectivity index (χ0v) is 14.8. The first-order valence-corrected chi connectivity index (χ1v) is 9.44. The summed E-state index contributed by atoms with van der Waals surface area (Å²) in [4.78, 5) is 17.7. The van der Waals surface area contributed by atoms with E-state index in [0.29, 0.717) is 13.0 Å². The minimum Gasteiger partial charge on any atom is -0.371 e. The molecule has 3 rings (SSSR count). The molecule has 128 valence electrons. The Labute approximate surface area is 147 Å². The van der Waals surface area contributed by atoms with E-state index >= 15 is 0 Å². The molecule has 1 saturated carbocycles. The topological polar surface area (TPSA) is 51.2 Å². The van der Waals surface area contributed by atoms with Crippen molar-refractivity contribution in [2.24, 2.45) is 0 Å². The van der Waals surface area contributed by atoms with E-state index in [1.54, 1.807) is 11.3 Å². The number of nitrogens with one attached hydrogen (secondary N) is 1. The van der Waals surface area contributed by atoms with Crippen LogP contribution in [0.3, 0.4) is 0 Å². The van der Waals surface area contributed by atoms with Crippen LogP contribution in [0, 0.1) is 6.92 Å². The number of aromatic nitrogens is 1. The second kappa shape index (κ2) is 8.40. The Kier molecular flexibility index (Phi) is 5.99. The second-order valence-electron chi connectivity index (χ2n) is 6.30. The Morgan fingerprint density at radius 2 is 2.17 bits per heavy atom. The average molecular weight is 344 g/mol. The molecule has 1 aromatic heterocycles. The Balaban J connectivity index is 1.45. The predicted molar refractivity (Wildman–Crippen MR) is 96.0 cm³/mol. The van der Waals surface area contributed by atoms with Crippen LogP contribution in [0.1, 0.15) is 41.8 Å². The van der Waals surface area contributed by atoms with Crippen molar-refractivity contribution in [1.29, 1.82) is 0 Å². The van der Waals surface area contributed by atoms with E-state index in [9.17, 15) is 4.79 Å². The van der Waals surface area contributed by atoms with Crippen LogP contribution in [0.2, 0.25) is 0 Å². The lowest BCUT2D eigenvalue weighted by atomic mass is 10.1. The molecule has 0 aliphatic heterocycles. The molecule has 2 atom stereocenters. The largest absolute Gasteiger partial charge is 0.371 e. The first kappa shape index (κ1) is 17.1. The van der Waals surface area contributed by atoms with Gasteiger partial charge in [-0.15, -0.1) is 11.3 Å². The third kappa shape index (κ3) is 4.65. The highest BCUT2D eigenvalue weighted by molar-refractivity contribution is 7.09. The van der Waals surface area contributed by atoms with Crippen molar-refractivity contribution in [3.63, 3.8) is 0 Å². The fraction of sp³-hybridized carbons (Fsp3) is 0.474. The van der Waals surface area contributed by atoms with Gasteiger partial charge < -0.3 is 10.1 Å². The molecule has 1 fully saturated rings. The summed E-state index contributed by atoms with van der Waals surface area (Å²) in [6, 6.07) is 10.3. The number of rotatable bonds is 7. The SMILES string of the molecule is Cc1ncsc1CCC(=O)N[C@@H]1CCC[C@H]1OCc1ccccc1. The van der Waals surface area contributed by atoms with Crippen molar-refractivity contribution in [2.45, 2.75) is 57.8 Å². The molecule has 5 heteroatoms. The maximum absolute atomic E-state index is 12.2. The molecule has 1 N–H and O–H groups in total. The molecule has 1 heterocycles. The van der Waals surface area contributed by atoms with Gasteiger partial charge in [0.25, 0.3) is 0 Å². The summed E-state index contributed by atoms with van der Waals surface area (Å²) >= 11 is 1.62. The number of carbonyl (C=O) groups is 1. The smallest absolute Gasteiger partial charge is 0.220 e. The molecule has 1 amide bonds. The minimum absolute atomic E-state index is 0.114. The van der Waals surface area contributed by atoms with Gasteiger partial charge in [0.05, 0.1) is 30.0 Å². The maximum atomic E-state index is 12.2. The predicted octanol–water partition coefficient (Wildman–Crippen LogP) is 3.64. The highest BCUT2D eigenvalue weighted by Gasteiger charge is 2.29. The third-order valence-electron chi connectivity index (χ3n) is 4.53. The van der Waals surface area contributed by atoms with Crippen molar-refractivity contribution in [3.05, 3.63) is 52.0 Å². The Morgan fingerprint density at radius 1 is 1.33 bits per heavy atom. The first-order chi connectivity index (χ1) is 11.7. The summed E-state index contributed by atoms with van der Waals surface area (Å²) in [7, 11) is 0. The monoisotopic (exact) mass is 344 g/mol. The minimum atomic E-state index is 0.114. The fourth-order valence-corrected chi connectivity index (χ4v) is 3.92. The molecule has 0 bridgehead atoms. The number of hydrogen-bond donors (Lipinski definition) is 1. The number of carbonyl (C=O) groups excluding carboxylic acids is 1. The van der Waals surface area contributed by atoms with Gasteiger partial charge >= 0.3 is 0 Å². The molecule has 1 aliphatic carbocycles. The van der Waals surface area contributed by atoms with Crippen LogP contribution in [0.15, 0.2) is 35.8 Å². The number of nitrogens with zero attached hydrogens (tertiary/aromatic N) is 1. The summed E-state index contributed by atoms with van der Waals surface area (Å²) in [5.41, 5.74) is 4.06. The molecule has 1 aromatic carbocycles. The molecule has 0 radical (unpaired) electrons. The van der Waals surface area contributed by atoms with E-state index in [0.717, 1.165) is 31.4 Å². The Morgan fingerprint density at radius 3 is 2.92 bits per heavy atom. The van der Waals surface area contributed by atoms with Crippen molar-refractivity contribution in [2.75, 3.05) is 0 Å². The van der Waals surface area contributed by atoms with E-state index in [1.165, 1.54) is 10.4 Å². The summed E-state index contributed by atoms with van der Waals surface area (Å²) in [6.45, 7) is 2.60. The molecule has 2 aromatic rings. The van der Waals surface area contributed by atoms with Gasteiger partial charge in [0.1, 0.15) is 0 Å². The number of thiazole rings is 1. The standard InChI is InChI=1S/C19H24N2O2S/c1-14-18(24-13-20-14)10-11-19(22)21-16-8-5-9-17(16)23-12-15-6-3-2-4-7-15/h2-4,6-7,13,16-17H,5,8-12H2,1H3,(H,21,22)/t16-,17-/m1/s1. The number of benzene rings is 1. The lowest BCUT2D eigenvalue weighted by molar-refractivity contribution is -0.122. The van der Waals surface area contributed by atoms with Crippen LogP contribution >= 0.6 is 11.3 Å². The normalized spacial score (nSPS) is 20.2. The molecule has 0 spiro atoms. The van der Waals surface area contributed by atoms with E-state index < -0.39 is 0 Å². The van der Waals surface area contributed by atoms with Crippen molar-refractivity contribution in [1.82, 2.24) is 10.3 Å². The molecule has 4 nitrogen and oxygen atoms in total. The Hall–Kier alpha value is -1.72. The zero-order chi connectivity index (χ0) is 16.8. The van der Waals surface area contributed by atoms with Gasteiger partial charge in [0.2, 0.25) is 5.91 Å². The number of hydrogen-bond acceptors (Lipinski definition) is 4. The number of amides is 1. The van der Waals surface area contributed by atoms with Crippen LogP contribution in [0.4, 0.5) is 0 Å². The van der Waals surface area contributed by atoms with Crippen molar-refractivity contribution < 1.29 is 9.53 Å². The van der Waals surface area contributed by atoms with Gasteiger partial charge in [-0.05, 0) is 38.2 Å². The van der Waals surface area contributed by atoms with Gasteiger partial charge in [-0.3, -0.25) is 4.79 Å². The third-order valence-corrected chi connectivity index (χ3v) is 5.52. The van der Waals surface area contributed by atoms with Gasteiger partial charge in [-0.1, -0.05) is 30.3 Å². The van der Waals surface area contributed by atoms with Crippen LogP contribution in [0.5, 0.6) is 0 Å². The van der Waals surface area contributed by atoms with Gasteiger partial charge in [-0.2, -0.15) is 0 Å². The summed E-state index contributed by atoms with van der Waals surface area (Å²) in [6.07, 6.45) is 4.55. The zero-order valence-electron chi connectivity index (χ0n) is 14.0. The van der Waals surface area contributed by atoms with Crippen molar-refractivity contribution in [3.8, 4) is 0 Å². The average Bonchev–Trinajstić information content (AvgIpc) is 3.21. The summed E-state index contributed by atoms with van der Waals surface area (Å²) < 4.78 is 6.05. The van der Waals surface area contributed by atoms with Crippen LogP contribution in [0.25, 0.3) is 0 Å². The molecular weight excluding hydrogens is 320 g/mol. The van der Waals surface area contributed by atoms with Crippen LogP contribution in [-0.4, -0.2) is 23.0 Å². The van der Waals surface area contributed by atoms with E-state index in [2.05, 4.69) is 22.4 Å². The van der Waals surface area contributed by atoms with Gasteiger partial charge in [0, 0.05) is 11.3 Å². The van der Waals surface area contributed by atoms with E-state index in [4.69, 9.17) is 4.74 Å². The molecule has 24 heavy (non-hydrogen) atoms. The highest BCUT2D eigenvalue weighted by Crippen LogP contribution is 2.23. The molecule has 0 saturated heterocycles. The number of ether oxygens (including phenoxy) is 1. The van der Waals surface area contributed by atoms with Gasteiger partial charge in [-0.25, -0.2) is 4.98 Å².